The van der Waals surface area contributed by atoms with Crippen molar-refractivity contribution in [2.75, 3.05) is 0 Å². The minimum Gasteiger partial charge on any atom is -0.449 e. The van der Waals surface area contributed by atoms with E-state index in [9.17, 15) is 9.90 Å². The lowest BCUT2D eigenvalue weighted by Gasteiger charge is -2.43. The van der Waals surface area contributed by atoms with Crippen molar-refractivity contribution in [3.8, 4) is 0 Å². The molecule has 0 amide bonds. The van der Waals surface area contributed by atoms with E-state index in [0.29, 0.717) is 0 Å². The van der Waals surface area contributed by atoms with Gasteiger partial charge in [0.2, 0.25) is 0 Å². The third-order valence-electron chi connectivity index (χ3n) is 6.79. The zero-order valence-corrected chi connectivity index (χ0v) is 22.9. The summed E-state index contributed by atoms with van der Waals surface area (Å²) in [5.74, 6) is 0. The minimum absolute atomic E-state index is 0.816. The molecular weight excluding hydrogens is 452 g/mol. The van der Waals surface area contributed by atoms with Crippen LogP contribution in [0.15, 0.2) is 69.3 Å². The van der Waals surface area contributed by atoms with Gasteiger partial charge < -0.3 is 9.29 Å². The summed E-state index contributed by atoms with van der Waals surface area (Å²) in [6, 6.07) is 19.1. The molecule has 0 saturated carbocycles. The Labute approximate surface area is 213 Å². The number of hydrogen-bond donors (Lipinski definition) is 1. The van der Waals surface area contributed by atoms with Crippen molar-refractivity contribution in [1.82, 2.24) is 0 Å². The number of aryl methyl sites for hydroxylation is 6. The maximum absolute atomic E-state index is 12.6. The van der Waals surface area contributed by atoms with E-state index in [2.05, 4.69) is 77.9 Å². The average Bonchev–Trinajstić information content (AvgIpc) is 2.90. The molecular formula is C31H40O3S. The van der Waals surface area contributed by atoms with Crippen molar-refractivity contribution in [2.45, 2.75) is 94.8 Å². The van der Waals surface area contributed by atoms with Gasteiger partial charge in [0.15, 0.2) is 0 Å². The molecule has 0 fully saturated rings. The molecule has 0 aromatic heterocycles. The van der Waals surface area contributed by atoms with Gasteiger partial charge in [-0.05, 0) is 94.3 Å². The molecule has 0 atom stereocenters. The summed E-state index contributed by atoms with van der Waals surface area (Å²) >= 11 is 0. The molecule has 0 heterocycles. The molecule has 0 aliphatic carbocycles. The van der Waals surface area contributed by atoms with Gasteiger partial charge in [-0.1, -0.05) is 84.0 Å². The Balaban J connectivity index is 2.64. The number of benzene rings is 3. The van der Waals surface area contributed by atoms with Crippen LogP contribution in [-0.4, -0.2) is 11.3 Å². The van der Waals surface area contributed by atoms with Gasteiger partial charge in [-0.2, -0.15) is 0 Å². The standard InChI is InChI=1S/C31H40O3S/c1-7-22-18-24(9-3)29(25(10-4)19-22)35(34-31(32)33,28-16-14-13-15-17-28)30-26(11-5)20-23(8-2)21-27(30)12-6/h13-21H,7-12H2,1-6H3,(H,32,33). The van der Waals surface area contributed by atoms with E-state index in [1.807, 2.05) is 18.2 Å². The molecule has 0 aliphatic heterocycles. The van der Waals surface area contributed by atoms with Gasteiger partial charge >= 0.3 is 6.16 Å². The second kappa shape index (κ2) is 11.8. The van der Waals surface area contributed by atoms with Crippen LogP contribution in [0.5, 0.6) is 0 Å². The van der Waals surface area contributed by atoms with Gasteiger partial charge in [-0.3, -0.25) is 0 Å². The van der Waals surface area contributed by atoms with Crippen LogP contribution in [0.3, 0.4) is 0 Å². The van der Waals surface area contributed by atoms with E-state index in [1.54, 1.807) is 0 Å². The maximum Gasteiger partial charge on any atom is 0.517 e. The zero-order valence-electron chi connectivity index (χ0n) is 22.1. The summed E-state index contributed by atoms with van der Waals surface area (Å²) in [5, 5.41) is 10.3. The average molecular weight is 493 g/mol. The van der Waals surface area contributed by atoms with Crippen LogP contribution in [0.2, 0.25) is 0 Å². The van der Waals surface area contributed by atoms with E-state index in [0.717, 1.165) is 53.2 Å². The fourth-order valence-corrected chi connectivity index (χ4v) is 9.02. The monoisotopic (exact) mass is 492 g/mol. The van der Waals surface area contributed by atoms with E-state index < -0.39 is 16.5 Å². The molecule has 3 nitrogen and oxygen atoms in total. The van der Waals surface area contributed by atoms with Crippen LogP contribution in [0.1, 0.15) is 74.9 Å². The van der Waals surface area contributed by atoms with Crippen molar-refractivity contribution in [3.05, 3.63) is 88.0 Å². The van der Waals surface area contributed by atoms with Crippen LogP contribution >= 0.6 is 10.3 Å². The van der Waals surface area contributed by atoms with Crippen LogP contribution in [0, 0.1) is 0 Å². The number of carbonyl (C=O) groups is 1. The SMILES string of the molecule is CCc1cc(CC)c(S(OC(=O)O)(c2ccccc2)c2c(CC)cc(CC)cc2CC)c(CC)c1. The Morgan fingerprint density at radius 2 is 1.03 bits per heavy atom. The van der Waals surface area contributed by atoms with E-state index in [-0.39, 0.29) is 0 Å². The predicted molar refractivity (Wildman–Crippen MR) is 147 cm³/mol. The first-order valence-electron chi connectivity index (χ1n) is 13.0. The third-order valence-corrected chi connectivity index (χ3v) is 10.3. The highest BCUT2D eigenvalue weighted by Gasteiger charge is 2.41. The molecule has 3 rings (SSSR count). The van der Waals surface area contributed by atoms with Crippen LogP contribution in [0.25, 0.3) is 0 Å². The van der Waals surface area contributed by atoms with Crippen molar-refractivity contribution >= 4 is 16.5 Å². The Morgan fingerprint density at radius 3 is 1.31 bits per heavy atom. The predicted octanol–water partition coefficient (Wildman–Crippen LogP) is 8.95. The van der Waals surface area contributed by atoms with Gasteiger partial charge in [0.1, 0.15) is 0 Å². The summed E-state index contributed by atoms with van der Waals surface area (Å²) in [4.78, 5) is 15.7. The first-order valence-corrected chi connectivity index (χ1v) is 14.6. The number of rotatable bonds is 10. The second-order valence-corrected chi connectivity index (χ2v) is 11.4. The Hall–Kier alpha value is -2.72. The van der Waals surface area contributed by atoms with E-state index >= 15 is 0 Å². The van der Waals surface area contributed by atoms with Crippen molar-refractivity contribution in [3.63, 3.8) is 0 Å². The summed E-state index contributed by atoms with van der Waals surface area (Å²) in [6.07, 6.45) is 3.93. The number of hydrogen-bond acceptors (Lipinski definition) is 2. The lowest BCUT2D eigenvalue weighted by Crippen LogP contribution is -2.19. The first-order chi connectivity index (χ1) is 16.9. The summed E-state index contributed by atoms with van der Waals surface area (Å²) in [7, 11) is -2.55. The highest BCUT2D eigenvalue weighted by molar-refractivity contribution is 8.30. The Morgan fingerprint density at radius 1 is 0.657 bits per heavy atom. The second-order valence-electron chi connectivity index (χ2n) is 8.83. The van der Waals surface area contributed by atoms with Gasteiger partial charge in [0.25, 0.3) is 0 Å². The van der Waals surface area contributed by atoms with E-state index in [1.165, 1.54) is 33.4 Å². The molecule has 3 aromatic carbocycles. The largest absolute Gasteiger partial charge is 0.517 e. The van der Waals surface area contributed by atoms with Crippen molar-refractivity contribution in [1.29, 1.82) is 0 Å². The molecule has 0 aliphatic rings. The Bertz CT molecular complexity index is 1050. The highest BCUT2D eigenvalue weighted by atomic mass is 32.3. The number of carboxylic acid groups (broad SMARTS) is 1. The molecule has 3 aromatic rings. The quantitative estimate of drug-likeness (QED) is 0.307. The Kier molecular flexibility index (Phi) is 9.07. The van der Waals surface area contributed by atoms with Gasteiger partial charge in [-0.25, -0.2) is 4.79 Å². The summed E-state index contributed by atoms with van der Waals surface area (Å²) < 4.78 is 6.31. The molecule has 0 bridgehead atoms. The summed E-state index contributed by atoms with van der Waals surface area (Å²) in [6.45, 7) is 13.0. The third kappa shape index (κ3) is 5.13. The fourth-order valence-electron chi connectivity index (χ4n) is 5.04. The molecule has 188 valence electrons. The lowest BCUT2D eigenvalue weighted by molar-refractivity contribution is 0.150. The van der Waals surface area contributed by atoms with E-state index in [4.69, 9.17) is 4.18 Å². The summed E-state index contributed by atoms with van der Waals surface area (Å²) in [5.41, 5.74) is 7.31. The van der Waals surface area contributed by atoms with Gasteiger partial charge in [-0.15, -0.1) is 0 Å². The lowest BCUT2D eigenvalue weighted by atomic mass is 10.0. The zero-order chi connectivity index (χ0) is 25.6. The van der Waals surface area contributed by atoms with Crippen LogP contribution in [-0.2, 0) is 42.7 Å². The van der Waals surface area contributed by atoms with Crippen LogP contribution < -0.4 is 0 Å². The van der Waals surface area contributed by atoms with Crippen molar-refractivity contribution in [2.24, 2.45) is 0 Å². The normalized spacial score (nSPS) is 11.9. The van der Waals surface area contributed by atoms with Crippen LogP contribution in [0.4, 0.5) is 4.79 Å². The first kappa shape index (κ1) is 26.9. The smallest absolute Gasteiger partial charge is 0.449 e. The molecule has 1 N–H and O–H groups in total. The van der Waals surface area contributed by atoms with Gasteiger partial charge in [0, 0.05) is 14.7 Å². The minimum atomic E-state index is -2.55. The molecule has 0 saturated heterocycles. The molecule has 4 heteroatoms. The highest BCUT2D eigenvalue weighted by Crippen LogP contribution is 2.72. The van der Waals surface area contributed by atoms with Crippen molar-refractivity contribution < 1.29 is 14.1 Å². The molecule has 35 heavy (non-hydrogen) atoms. The maximum atomic E-state index is 12.6. The van der Waals surface area contributed by atoms with Gasteiger partial charge in [0.05, 0.1) is 0 Å². The molecule has 0 radical (unpaired) electrons. The topological polar surface area (TPSA) is 46.5 Å². The molecule has 0 spiro atoms. The fraction of sp³-hybridized carbons (Fsp3) is 0.387. The molecule has 0 unspecified atom stereocenters.